The second-order valence-electron chi connectivity index (χ2n) is 7.18. The van der Waals surface area contributed by atoms with Crippen LogP contribution in [-0.4, -0.2) is 21.4 Å². The van der Waals surface area contributed by atoms with Crippen LogP contribution in [0.15, 0.2) is 22.6 Å². The highest BCUT2D eigenvalue weighted by Gasteiger charge is 2.38. The number of rotatable bonds is 5. The molecule has 2 heterocycles. The number of furan rings is 1. The van der Waals surface area contributed by atoms with Gasteiger partial charge in [0.1, 0.15) is 17.4 Å². The molecule has 0 radical (unpaired) electrons. The summed E-state index contributed by atoms with van der Waals surface area (Å²) in [5.41, 5.74) is 6.40. The molecule has 140 valence electrons. The monoisotopic (exact) mass is 372 g/mol. The third-order valence-electron chi connectivity index (χ3n) is 4.79. The predicted octanol–water partition coefficient (Wildman–Crippen LogP) is 3.46. The fourth-order valence-corrected chi connectivity index (χ4v) is 3.05. The summed E-state index contributed by atoms with van der Waals surface area (Å²) in [6.07, 6.45) is 2.13. The van der Waals surface area contributed by atoms with E-state index >= 15 is 0 Å². The Hall–Kier alpha value is -3.03. The summed E-state index contributed by atoms with van der Waals surface area (Å²) >= 11 is 0. The number of hydrogen-bond acceptors (Lipinski definition) is 5. The number of halogens is 2. The van der Waals surface area contributed by atoms with Crippen molar-refractivity contribution in [3.63, 3.8) is 0 Å². The Kier molecular flexibility index (Phi) is 3.87. The van der Waals surface area contributed by atoms with E-state index in [1.165, 1.54) is 6.07 Å². The molecule has 3 aromatic rings. The van der Waals surface area contributed by atoms with E-state index in [2.05, 4.69) is 15.3 Å². The maximum atomic E-state index is 13.5. The standard InChI is InChI=1S/C19H18F2N4O2/c1-9-14(16(22)26)15-17(25-19(2)5-6-19)23-13(24-18(15)27-9)8-10-3-4-11(20)12(21)7-10/h3-4,7H,5-6,8H2,1-2H3,(H2,22,26)(H,23,24,25). The molecule has 0 spiro atoms. The summed E-state index contributed by atoms with van der Waals surface area (Å²) in [6, 6.07) is 3.65. The smallest absolute Gasteiger partial charge is 0.253 e. The van der Waals surface area contributed by atoms with Gasteiger partial charge in [0.05, 0.1) is 10.9 Å². The first-order valence-electron chi connectivity index (χ1n) is 8.58. The predicted molar refractivity (Wildman–Crippen MR) is 95.5 cm³/mol. The van der Waals surface area contributed by atoms with E-state index in [1.54, 1.807) is 6.92 Å². The molecule has 0 aliphatic heterocycles. The number of nitrogens with zero attached hydrogens (tertiary/aromatic N) is 2. The molecule has 1 saturated carbocycles. The molecule has 1 aromatic carbocycles. The Morgan fingerprint density at radius 1 is 1.30 bits per heavy atom. The molecule has 8 heteroatoms. The Balaban J connectivity index is 1.82. The van der Waals surface area contributed by atoms with Gasteiger partial charge in [0.2, 0.25) is 5.71 Å². The van der Waals surface area contributed by atoms with Gasteiger partial charge in [-0.25, -0.2) is 13.8 Å². The van der Waals surface area contributed by atoms with E-state index < -0.39 is 17.5 Å². The molecule has 3 N–H and O–H groups in total. The minimum Gasteiger partial charge on any atom is -0.442 e. The van der Waals surface area contributed by atoms with E-state index in [0.29, 0.717) is 28.4 Å². The number of anilines is 1. The highest BCUT2D eigenvalue weighted by molar-refractivity contribution is 6.09. The normalized spacial score (nSPS) is 15.1. The average Bonchev–Trinajstić information content (AvgIpc) is 3.19. The van der Waals surface area contributed by atoms with E-state index in [-0.39, 0.29) is 23.2 Å². The number of fused-ring (bicyclic) bond motifs is 1. The number of aryl methyl sites for hydroxylation is 1. The SMILES string of the molecule is Cc1oc2nc(Cc3ccc(F)c(F)c3)nc(NC3(C)CC3)c2c1C(N)=O. The largest absolute Gasteiger partial charge is 0.442 e. The fraction of sp³-hybridized carbons (Fsp3) is 0.316. The first kappa shape index (κ1) is 17.4. The number of nitrogens with one attached hydrogen (secondary N) is 1. The molecule has 1 fully saturated rings. The van der Waals surface area contributed by atoms with Crippen LogP contribution >= 0.6 is 0 Å². The van der Waals surface area contributed by atoms with E-state index in [1.807, 2.05) is 6.92 Å². The molecular weight excluding hydrogens is 354 g/mol. The Bertz CT molecular complexity index is 1070. The molecule has 0 bridgehead atoms. The molecule has 0 saturated heterocycles. The number of carbonyl (C=O) groups is 1. The highest BCUT2D eigenvalue weighted by atomic mass is 19.2. The van der Waals surface area contributed by atoms with Gasteiger partial charge in [-0.3, -0.25) is 4.79 Å². The summed E-state index contributed by atoms with van der Waals surface area (Å²) in [6.45, 7) is 3.69. The van der Waals surface area contributed by atoms with Gasteiger partial charge in [0.15, 0.2) is 11.6 Å². The first-order valence-corrected chi connectivity index (χ1v) is 8.58. The van der Waals surface area contributed by atoms with Crippen LogP contribution in [0.5, 0.6) is 0 Å². The maximum absolute atomic E-state index is 13.5. The summed E-state index contributed by atoms with van der Waals surface area (Å²) in [5, 5.41) is 3.78. The lowest BCUT2D eigenvalue weighted by Gasteiger charge is -2.14. The zero-order valence-corrected chi connectivity index (χ0v) is 14.9. The average molecular weight is 372 g/mol. The van der Waals surface area contributed by atoms with Crippen molar-refractivity contribution in [2.24, 2.45) is 5.73 Å². The van der Waals surface area contributed by atoms with Gasteiger partial charge in [-0.15, -0.1) is 0 Å². The van der Waals surface area contributed by atoms with Crippen LogP contribution in [0.3, 0.4) is 0 Å². The number of amides is 1. The zero-order chi connectivity index (χ0) is 19.3. The third-order valence-corrected chi connectivity index (χ3v) is 4.79. The number of primary amides is 1. The molecular formula is C19H18F2N4O2. The Morgan fingerprint density at radius 3 is 2.67 bits per heavy atom. The van der Waals surface area contributed by atoms with Crippen molar-refractivity contribution in [2.75, 3.05) is 5.32 Å². The van der Waals surface area contributed by atoms with Crippen LogP contribution in [0.4, 0.5) is 14.6 Å². The Labute approximate surface area is 153 Å². The van der Waals surface area contributed by atoms with Crippen molar-refractivity contribution in [3.8, 4) is 0 Å². The molecule has 27 heavy (non-hydrogen) atoms. The van der Waals surface area contributed by atoms with Crippen molar-refractivity contribution in [1.29, 1.82) is 0 Å². The topological polar surface area (TPSA) is 94.0 Å². The summed E-state index contributed by atoms with van der Waals surface area (Å²) in [7, 11) is 0. The van der Waals surface area contributed by atoms with E-state index in [9.17, 15) is 13.6 Å². The molecule has 4 rings (SSSR count). The summed E-state index contributed by atoms with van der Waals surface area (Å²) in [4.78, 5) is 20.8. The van der Waals surface area contributed by atoms with Gasteiger partial charge >= 0.3 is 0 Å². The lowest BCUT2D eigenvalue weighted by atomic mass is 10.1. The molecule has 1 aliphatic rings. The van der Waals surface area contributed by atoms with Crippen molar-refractivity contribution >= 4 is 22.8 Å². The van der Waals surface area contributed by atoms with E-state index in [0.717, 1.165) is 25.0 Å². The van der Waals surface area contributed by atoms with Crippen molar-refractivity contribution in [1.82, 2.24) is 9.97 Å². The van der Waals surface area contributed by atoms with Crippen molar-refractivity contribution in [2.45, 2.75) is 38.6 Å². The molecule has 1 aliphatic carbocycles. The maximum Gasteiger partial charge on any atom is 0.253 e. The second-order valence-corrected chi connectivity index (χ2v) is 7.18. The minimum absolute atomic E-state index is 0.110. The van der Waals surface area contributed by atoms with Gasteiger partial charge in [0, 0.05) is 12.0 Å². The lowest BCUT2D eigenvalue weighted by molar-refractivity contribution is 0.1000. The number of carbonyl (C=O) groups excluding carboxylic acids is 1. The van der Waals surface area contributed by atoms with Gasteiger partial charge in [-0.05, 0) is 44.4 Å². The number of benzene rings is 1. The third kappa shape index (κ3) is 3.22. The first-order chi connectivity index (χ1) is 12.8. The molecule has 6 nitrogen and oxygen atoms in total. The lowest BCUT2D eigenvalue weighted by Crippen LogP contribution is -2.19. The second kappa shape index (κ2) is 6.00. The molecule has 0 unspecified atom stereocenters. The van der Waals surface area contributed by atoms with Crippen LogP contribution in [-0.2, 0) is 6.42 Å². The molecule has 2 aromatic heterocycles. The number of nitrogens with two attached hydrogens (primary N) is 1. The number of hydrogen-bond donors (Lipinski definition) is 2. The molecule has 0 atom stereocenters. The Morgan fingerprint density at radius 2 is 2.04 bits per heavy atom. The van der Waals surface area contributed by atoms with E-state index in [4.69, 9.17) is 10.2 Å². The fourth-order valence-electron chi connectivity index (χ4n) is 3.05. The van der Waals surface area contributed by atoms with Gasteiger partial charge in [-0.2, -0.15) is 4.98 Å². The van der Waals surface area contributed by atoms with Crippen LogP contribution in [0.1, 0.15) is 47.3 Å². The highest BCUT2D eigenvalue weighted by Crippen LogP contribution is 2.40. The van der Waals surface area contributed by atoms with Crippen LogP contribution < -0.4 is 11.1 Å². The molecule has 1 amide bonds. The van der Waals surface area contributed by atoms with Crippen LogP contribution in [0.2, 0.25) is 0 Å². The quantitative estimate of drug-likeness (QED) is 0.715. The van der Waals surface area contributed by atoms with Gasteiger partial charge in [-0.1, -0.05) is 6.07 Å². The summed E-state index contributed by atoms with van der Waals surface area (Å²) < 4.78 is 32.3. The number of aromatic nitrogens is 2. The van der Waals surface area contributed by atoms with Gasteiger partial charge in [0.25, 0.3) is 5.91 Å². The minimum atomic E-state index is -0.928. The van der Waals surface area contributed by atoms with Gasteiger partial charge < -0.3 is 15.5 Å². The van der Waals surface area contributed by atoms with Crippen molar-refractivity contribution in [3.05, 3.63) is 52.5 Å². The van der Waals surface area contributed by atoms with Crippen molar-refractivity contribution < 1.29 is 18.0 Å². The zero-order valence-electron chi connectivity index (χ0n) is 14.9. The van der Waals surface area contributed by atoms with Crippen LogP contribution in [0, 0.1) is 18.6 Å². The van der Waals surface area contributed by atoms with Crippen LogP contribution in [0.25, 0.3) is 11.1 Å². The summed E-state index contributed by atoms with van der Waals surface area (Å²) in [5.74, 6) is -1.27.